The highest BCUT2D eigenvalue weighted by Crippen LogP contribution is 2.32. The Morgan fingerprint density at radius 2 is 1.41 bits per heavy atom. The Balaban J connectivity index is 1.58. The van der Waals surface area contributed by atoms with E-state index in [2.05, 4.69) is 71.5 Å². The zero-order valence-electron chi connectivity index (χ0n) is 21.7. The minimum Gasteiger partial charge on any atom is -0.507 e. The number of methoxy groups -OCH3 is 1. The fourth-order valence-electron chi connectivity index (χ4n) is 4.98. The zero-order chi connectivity index (χ0) is 27.2. The lowest BCUT2D eigenvalue weighted by molar-refractivity contribution is -0.149. The van der Waals surface area contributed by atoms with Crippen molar-refractivity contribution in [1.29, 1.82) is 0 Å². The number of nitrogens with zero attached hydrogens (tertiary/aromatic N) is 1. The molecule has 0 aliphatic rings. The topological polar surface area (TPSA) is 68.5 Å². The number of carbonyl (C=O) groups excluding carboxylic acids is 2. The van der Waals surface area contributed by atoms with E-state index >= 15 is 0 Å². The molecule has 1 aromatic heterocycles. The number of fused-ring (bicyclic) bond motifs is 1. The normalized spacial score (nSPS) is 11.6. The van der Waals surface area contributed by atoms with Gasteiger partial charge in [0, 0.05) is 41.2 Å². The van der Waals surface area contributed by atoms with Crippen molar-refractivity contribution in [2.24, 2.45) is 0 Å². The first kappa shape index (κ1) is 25.7. The highest BCUT2D eigenvalue weighted by molar-refractivity contribution is 6.39. The molecule has 0 saturated carbocycles. The van der Waals surface area contributed by atoms with E-state index in [4.69, 9.17) is 0 Å². The van der Waals surface area contributed by atoms with Crippen LogP contribution in [0.4, 0.5) is 0 Å². The minimum absolute atomic E-state index is 0.143. The molecule has 5 aromatic rings. The van der Waals surface area contributed by atoms with E-state index in [1.165, 1.54) is 11.1 Å². The second kappa shape index (κ2) is 11.7. The summed E-state index contributed by atoms with van der Waals surface area (Å²) in [6, 6.07) is 37.1. The van der Waals surface area contributed by atoms with Crippen LogP contribution in [-0.2, 0) is 27.3 Å². The molecule has 194 valence electrons. The quantitative estimate of drug-likeness (QED) is 0.103. The highest BCUT2D eigenvalue weighted by Gasteiger charge is 2.19. The predicted molar refractivity (Wildman–Crippen MR) is 154 cm³/mol. The van der Waals surface area contributed by atoms with Gasteiger partial charge in [-0.3, -0.25) is 4.79 Å². The van der Waals surface area contributed by atoms with E-state index in [1.807, 2.05) is 53.2 Å². The zero-order valence-corrected chi connectivity index (χ0v) is 21.7. The van der Waals surface area contributed by atoms with E-state index < -0.39 is 11.8 Å². The van der Waals surface area contributed by atoms with Gasteiger partial charge in [0.05, 0.1) is 7.11 Å². The van der Waals surface area contributed by atoms with E-state index in [1.54, 1.807) is 0 Å². The summed E-state index contributed by atoms with van der Waals surface area (Å²) in [6.07, 6.45) is 3.50. The van der Waals surface area contributed by atoms with Gasteiger partial charge < -0.3 is 14.4 Å². The minimum atomic E-state index is -1.02. The molecule has 5 heteroatoms. The first-order valence-corrected chi connectivity index (χ1v) is 12.8. The molecule has 0 saturated heterocycles. The number of esters is 1. The van der Waals surface area contributed by atoms with Crippen molar-refractivity contribution in [3.05, 3.63) is 149 Å². The van der Waals surface area contributed by atoms with E-state index in [-0.39, 0.29) is 11.7 Å². The molecular weight excluding hydrogens is 486 g/mol. The summed E-state index contributed by atoms with van der Waals surface area (Å²) in [5.74, 6) is -2.07. The number of rotatable bonds is 9. The van der Waals surface area contributed by atoms with E-state index in [9.17, 15) is 14.7 Å². The third-order valence-electron chi connectivity index (χ3n) is 6.92. The Labute approximate surface area is 227 Å². The number of aromatic nitrogens is 1. The Hall–Kier alpha value is -4.90. The first-order chi connectivity index (χ1) is 19.0. The van der Waals surface area contributed by atoms with Gasteiger partial charge in [-0.25, -0.2) is 4.79 Å². The summed E-state index contributed by atoms with van der Waals surface area (Å²) in [5.41, 5.74) is 6.03. The van der Waals surface area contributed by atoms with Crippen molar-refractivity contribution in [3.8, 4) is 0 Å². The van der Waals surface area contributed by atoms with Crippen LogP contribution in [0.2, 0.25) is 0 Å². The van der Waals surface area contributed by atoms with Gasteiger partial charge in [-0.15, -0.1) is 0 Å². The maximum absolute atomic E-state index is 12.2. The summed E-state index contributed by atoms with van der Waals surface area (Å²) < 4.78 is 6.56. The molecule has 39 heavy (non-hydrogen) atoms. The smallest absolute Gasteiger partial charge is 0.378 e. The average Bonchev–Trinajstić information content (AvgIpc) is 3.34. The predicted octanol–water partition coefficient (Wildman–Crippen LogP) is 6.71. The molecule has 0 spiro atoms. The Bertz CT molecular complexity index is 1580. The lowest BCUT2D eigenvalue weighted by atomic mass is 9.85. The molecule has 0 bridgehead atoms. The molecule has 5 rings (SSSR count). The van der Waals surface area contributed by atoms with Crippen molar-refractivity contribution in [3.63, 3.8) is 0 Å². The van der Waals surface area contributed by atoms with Gasteiger partial charge in [0.25, 0.3) is 5.78 Å². The van der Waals surface area contributed by atoms with E-state index in [0.717, 1.165) is 41.6 Å². The first-order valence-electron chi connectivity index (χ1n) is 12.8. The molecule has 0 unspecified atom stereocenters. The van der Waals surface area contributed by atoms with Gasteiger partial charge >= 0.3 is 5.97 Å². The number of ether oxygens (including phenoxy) is 1. The van der Waals surface area contributed by atoms with Gasteiger partial charge in [0.2, 0.25) is 0 Å². The molecule has 0 aliphatic heterocycles. The molecule has 5 nitrogen and oxygen atoms in total. The molecule has 0 amide bonds. The largest absolute Gasteiger partial charge is 0.507 e. The highest BCUT2D eigenvalue weighted by atomic mass is 16.5. The Morgan fingerprint density at radius 1 is 0.821 bits per heavy atom. The number of carbonyl (C=O) groups is 2. The van der Waals surface area contributed by atoms with Crippen LogP contribution >= 0.6 is 0 Å². The second-order valence-corrected chi connectivity index (χ2v) is 9.47. The lowest BCUT2D eigenvalue weighted by Gasteiger charge is -2.18. The van der Waals surface area contributed by atoms with Crippen molar-refractivity contribution in [1.82, 2.24) is 4.57 Å². The molecule has 4 aromatic carbocycles. The third kappa shape index (κ3) is 5.83. The molecule has 0 radical (unpaired) electrons. The Morgan fingerprint density at radius 3 is 2.00 bits per heavy atom. The molecule has 1 heterocycles. The summed E-state index contributed by atoms with van der Waals surface area (Å²) >= 11 is 0. The summed E-state index contributed by atoms with van der Waals surface area (Å²) in [6.45, 7) is 0.589. The monoisotopic (exact) mass is 515 g/mol. The summed E-state index contributed by atoms with van der Waals surface area (Å²) in [7, 11) is 1.14. The van der Waals surface area contributed by atoms with Crippen molar-refractivity contribution in [2.75, 3.05) is 7.11 Å². The average molecular weight is 516 g/mol. The fraction of sp³-hybridized carbons (Fsp3) is 0.118. The van der Waals surface area contributed by atoms with Crippen LogP contribution in [0.1, 0.15) is 33.7 Å². The van der Waals surface area contributed by atoms with Crippen molar-refractivity contribution in [2.45, 2.75) is 18.9 Å². The van der Waals surface area contributed by atoms with Crippen LogP contribution in [0.15, 0.2) is 121 Å². The number of hydrogen-bond donors (Lipinski definition) is 1. The van der Waals surface area contributed by atoms with Gasteiger partial charge in [0.15, 0.2) is 0 Å². The lowest BCUT2D eigenvalue weighted by Crippen LogP contribution is -2.13. The number of aliphatic hydroxyl groups excluding tert-OH is 1. The molecule has 0 atom stereocenters. The van der Waals surface area contributed by atoms with Crippen LogP contribution < -0.4 is 0 Å². The van der Waals surface area contributed by atoms with Gasteiger partial charge in [0.1, 0.15) is 5.76 Å². The summed E-state index contributed by atoms with van der Waals surface area (Å²) in [5, 5.41) is 11.8. The SMILES string of the molecule is COC(=O)C(=O)/C=C(\O)c1cn(Cc2ccccc2)c2ccc(CC(c3ccccc3)c3ccccc3)cc12. The maximum Gasteiger partial charge on any atom is 0.378 e. The number of benzene rings is 4. The molecule has 1 N–H and O–H groups in total. The molecule has 0 fully saturated rings. The van der Waals surface area contributed by atoms with Crippen LogP contribution in [0.25, 0.3) is 16.7 Å². The standard InChI is InChI=1S/C34H29NO4/c1-39-34(38)33(37)21-32(36)30-23-35(22-24-11-5-2-6-12-24)31-18-17-25(20-29(30)31)19-28(26-13-7-3-8-14-26)27-15-9-4-10-16-27/h2-18,20-21,23,28,36H,19,22H2,1H3/b32-21-. The van der Waals surface area contributed by atoms with Gasteiger partial charge in [-0.1, -0.05) is 97.1 Å². The number of aliphatic hydroxyl groups is 1. The van der Waals surface area contributed by atoms with Gasteiger partial charge in [-0.2, -0.15) is 0 Å². The fourth-order valence-corrected chi connectivity index (χ4v) is 4.98. The van der Waals surface area contributed by atoms with Crippen molar-refractivity contribution < 1.29 is 19.4 Å². The number of hydrogen-bond acceptors (Lipinski definition) is 4. The molecular formula is C34H29NO4. The van der Waals surface area contributed by atoms with Crippen LogP contribution in [0.3, 0.4) is 0 Å². The number of ketones is 1. The van der Waals surface area contributed by atoms with Gasteiger partial charge in [-0.05, 0) is 40.8 Å². The third-order valence-corrected chi connectivity index (χ3v) is 6.92. The van der Waals surface area contributed by atoms with Crippen molar-refractivity contribution >= 4 is 28.4 Å². The molecule has 0 aliphatic carbocycles. The van der Waals surface area contributed by atoms with Crippen LogP contribution in [0, 0.1) is 0 Å². The van der Waals surface area contributed by atoms with Crippen LogP contribution in [-0.4, -0.2) is 28.5 Å². The second-order valence-electron chi connectivity index (χ2n) is 9.47. The maximum atomic E-state index is 12.2. The van der Waals surface area contributed by atoms with Crippen LogP contribution in [0.5, 0.6) is 0 Å². The summed E-state index contributed by atoms with van der Waals surface area (Å²) in [4.78, 5) is 23.9. The Kier molecular flexibility index (Phi) is 7.69. The van der Waals surface area contributed by atoms with E-state index in [0.29, 0.717) is 12.1 Å².